The molecule has 14 heteroatoms. The van der Waals surface area contributed by atoms with Crippen LogP contribution in [0.5, 0.6) is 5.75 Å². The largest absolute Gasteiger partial charge is 0.494 e. The Hall–Kier alpha value is -4.95. The Labute approximate surface area is 286 Å². The third kappa shape index (κ3) is 7.39. The first-order chi connectivity index (χ1) is 23.4. The first-order valence-corrected chi connectivity index (χ1v) is 16.8. The van der Waals surface area contributed by atoms with Gasteiger partial charge in [0.25, 0.3) is 5.56 Å². The zero-order valence-corrected chi connectivity index (χ0v) is 28.3. The van der Waals surface area contributed by atoms with Crippen LogP contribution < -0.4 is 19.6 Å². The average Bonchev–Trinajstić information content (AvgIpc) is 3.63. The van der Waals surface area contributed by atoms with Crippen LogP contribution >= 0.6 is 23.1 Å². The van der Waals surface area contributed by atoms with Crippen molar-refractivity contribution in [3.8, 4) is 17.0 Å². The van der Waals surface area contributed by atoms with E-state index in [2.05, 4.69) is 15.0 Å². The first-order valence-electron chi connectivity index (χ1n) is 15.2. The number of hydrogen-bond donors (Lipinski definition) is 0. The molecule has 0 amide bonds. The van der Waals surface area contributed by atoms with E-state index in [1.54, 1.807) is 87.5 Å². The molecule has 4 heterocycles. The van der Waals surface area contributed by atoms with Gasteiger partial charge in [-0.25, -0.2) is 19.8 Å². The lowest BCUT2D eigenvalue weighted by molar-refractivity contribution is -0.143. The molecule has 0 N–H and O–H groups in total. The predicted octanol–water partition coefficient (Wildman–Crippen LogP) is 6.81. The van der Waals surface area contributed by atoms with Gasteiger partial charge in [0.15, 0.2) is 15.1 Å². The molecule has 0 radical (unpaired) electrons. The van der Waals surface area contributed by atoms with E-state index in [9.17, 15) is 22.8 Å². The molecule has 0 aliphatic carbocycles. The second-order valence-electron chi connectivity index (χ2n) is 11.1. The molecule has 1 atom stereocenters. The highest BCUT2D eigenvalue weighted by molar-refractivity contribution is 7.99. The van der Waals surface area contributed by atoms with E-state index >= 15 is 0 Å². The molecule has 0 saturated heterocycles. The van der Waals surface area contributed by atoms with Crippen LogP contribution in [0.25, 0.3) is 17.3 Å². The predicted molar refractivity (Wildman–Crippen MR) is 178 cm³/mol. The number of alkyl halides is 3. The van der Waals surface area contributed by atoms with Crippen LogP contribution in [0.1, 0.15) is 50.8 Å². The van der Waals surface area contributed by atoms with Gasteiger partial charge in [-0.3, -0.25) is 9.36 Å². The summed E-state index contributed by atoms with van der Waals surface area (Å²) in [6, 6.07) is 18.9. The molecule has 3 aromatic heterocycles. The molecule has 1 aliphatic rings. The molecule has 0 fully saturated rings. The minimum atomic E-state index is -4.68. The number of carbonyl (C=O) groups is 1. The van der Waals surface area contributed by atoms with Crippen molar-refractivity contribution in [1.82, 2.24) is 14.5 Å². The number of allylic oxidation sites excluding steroid dienone is 1. The van der Waals surface area contributed by atoms with Gasteiger partial charge in [-0.1, -0.05) is 53.8 Å². The number of benzene rings is 2. The molecule has 5 aromatic rings. The number of aromatic nitrogens is 3. The summed E-state index contributed by atoms with van der Waals surface area (Å²) in [5.74, 6) is 0.337. The van der Waals surface area contributed by atoms with Crippen molar-refractivity contribution in [3.63, 3.8) is 0 Å². The molecule has 49 heavy (non-hydrogen) atoms. The smallest absolute Gasteiger partial charge is 0.433 e. The Bertz CT molecular complexity index is 2220. The molecule has 2 aromatic carbocycles. The van der Waals surface area contributed by atoms with Crippen molar-refractivity contribution in [2.24, 2.45) is 4.99 Å². The molecule has 0 unspecified atom stereocenters. The number of esters is 1. The summed E-state index contributed by atoms with van der Waals surface area (Å²) < 4.78 is 59.9. The number of ether oxygens (including phenoxy) is 2. The van der Waals surface area contributed by atoms with Crippen molar-refractivity contribution in [2.75, 3.05) is 6.61 Å². The third-order valence-corrected chi connectivity index (χ3v) is 8.99. The maximum atomic E-state index is 14.0. The molecule has 6 rings (SSSR count). The minimum absolute atomic E-state index is 0.118. The van der Waals surface area contributed by atoms with E-state index in [0.29, 0.717) is 34.0 Å². The summed E-state index contributed by atoms with van der Waals surface area (Å²) >= 11 is 1.94. The number of furan rings is 1. The van der Waals surface area contributed by atoms with Crippen LogP contribution in [-0.4, -0.2) is 33.2 Å². The monoisotopic (exact) mass is 706 g/mol. The Morgan fingerprint density at radius 1 is 1.08 bits per heavy atom. The van der Waals surface area contributed by atoms with Gasteiger partial charge in [-0.2, -0.15) is 13.2 Å². The second kappa shape index (κ2) is 13.9. The van der Waals surface area contributed by atoms with Crippen LogP contribution in [0.15, 0.2) is 109 Å². The first kappa shape index (κ1) is 33.9. The zero-order chi connectivity index (χ0) is 34.9. The molecular formula is C35H29F3N4O5S2. The lowest BCUT2D eigenvalue weighted by atomic mass is 9.96. The van der Waals surface area contributed by atoms with Gasteiger partial charge in [0.2, 0.25) is 0 Å². The Balaban J connectivity index is 1.37. The van der Waals surface area contributed by atoms with Gasteiger partial charge >= 0.3 is 12.1 Å². The van der Waals surface area contributed by atoms with E-state index in [1.165, 1.54) is 10.6 Å². The molecule has 252 valence electrons. The van der Waals surface area contributed by atoms with Crippen molar-refractivity contribution in [1.29, 1.82) is 0 Å². The van der Waals surface area contributed by atoms with Gasteiger partial charge in [-0.05, 0) is 75.4 Å². The van der Waals surface area contributed by atoms with Crippen LogP contribution in [0, 0.1) is 0 Å². The quantitative estimate of drug-likeness (QED) is 0.122. The van der Waals surface area contributed by atoms with Gasteiger partial charge < -0.3 is 13.9 Å². The van der Waals surface area contributed by atoms with Gasteiger partial charge in [-0.15, -0.1) is 0 Å². The Morgan fingerprint density at radius 2 is 1.82 bits per heavy atom. The summed E-state index contributed by atoms with van der Waals surface area (Å²) in [4.78, 5) is 40.3. The van der Waals surface area contributed by atoms with Crippen LogP contribution in [0.3, 0.4) is 0 Å². The summed E-state index contributed by atoms with van der Waals surface area (Å²) in [7, 11) is 0. The SMILES string of the molecule is CCOc1ccc([C@@H]2C(C(=O)OC(C)C)=C(C)N=c3s/c(=C\c4ccc(Sc5nc(-c6ccccc6)cc(C(F)(F)F)n5)o4)c(=O)n32)cc1. The van der Waals surface area contributed by atoms with Crippen molar-refractivity contribution >= 4 is 35.1 Å². The van der Waals surface area contributed by atoms with E-state index in [1.807, 2.05) is 6.92 Å². The lowest BCUT2D eigenvalue weighted by Gasteiger charge is -2.25. The molecule has 9 nitrogen and oxygen atoms in total. The van der Waals surface area contributed by atoms with Crippen LogP contribution in [0.2, 0.25) is 0 Å². The number of rotatable bonds is 9. The maximum absolute atomic E-state index is 14.0. The van der Waals surface area contributed by atoms with Gasteiger partial charge in [0, 0.05) is 11.6 Å². The van der Waals surface area contributed by atoms with Crippen LogP contribution in [-0.2, 0) is 15.7 Å². The number of fused-ring (bicyclic) bond motifs is 1. The molecule has 1 aliphatic heterocycles. The number of hydrogen-bond acceptors (Lipinski definition) is 10. The maximum Gasteiger partial charge on any atom is 0.433 e. The topological polar surface area (TPSA) is 109 Å². The van der Waals surface area contributed by atoms with E-state index < -0.39 is 35.5 Å². The lowest BCUT2D eigenvalue weighted by Crippen LogP contribution is -2.40. The van der Waals surface area contributed by atoms with E-state index in [-0.39, 0.29) is 31.8 Å². The van der Waals surface area contributed by atoms with Crippen molar-refractivity contribution in [3.05, 3.63) is 121 Å². The highest BCUT2D eigenvalue weighted by Gasteiger charge is 2.35. The fraction of sp³-hybridized carbons (Fsp3) is 0.229. The van der Waals surface area contributed by atoms with Crippen molar-refractivity contribution in [2.45, 2.75) is 56.3 Å². The molecule has 0 saturated carbocycles. The van der Waals surface area contributed by atoms with Crippen molar-refractivity contribution < 1.29 is 31.9 Å². The highest BCUT2D eigenvalue weighted by Crippen LogP contribution is 2.35. The average molecular weight is 707 g/mol. The summed E-state index contributed by atoms with van der Waals surface area (Å²) in [5.41, 5.74) is 0.456. The molecule has 0 spiro atoms. The summed E-state index contributed by atoms with van der Waals surface area (Å²) in [5, 5.41) is 0.0692. The highest BCUT2D eigenvalue weighted by atomic mass is 32.2. The van der Waals surface area contributed by atoms with Gasteiger partial charge in [0.1, 0.15) is 17.2 Å². The number of nitrogens with zero attached hydrogens (tertiary/aromatic N) is 4. The van der Waals surface area contributed by atoms with E-state index in [0.717, 1.165) is 29.2 Å². The zero-order valence-electron chi connectivity index (χ0n) is 26.6. The van der Waals surface area contributed by atoms with E-state index in [4.69, 9.17) is 13.9 Å². The number of carbonyl (C=O) groups excluding carboxylic acids is 1. The summed E-state index contributed by atoms with van der Waals surface area (Å²) in [6.45, 7) is 7.54. The Kier molecular flexibility index (Phi) is 9.61. The standard InChI is InChI=1S/C35H29F3N4O5S2/c1-5-45-23-13-11-22(12-14-23)30-29(32(44)46-19(2)3)20(4)39-34-42(30)31(43)26(48-34)17-24-15-16-28(47-24)49-33-40-25(21-9-7-6-8-10-21)18-27(41-33)35(36,37)38/h6-19,30H,5H2,1-4H3/b26-17-/t30-/m1/s1. The van der Waals surface area contributed by atoms with Crippen LogP contribution in [0.4, 0.5) is 13.2 Å². The summed E-state index contributed by atoms with van der Waals surface area (Å²) in [6.07, 6.45) is -3.55. The second-order valence-corrected chi connectivity index (χ2v) is 13.1. The normalized spacial score (nSPS) is 14.9. The number of thiazole rings is 1. The fourth-order valence-electron chi connectivity index (χ4n) is 5.15. The van der Waals surface area contributed by atoms with Gasteiger partial charge in [0.05, 0.1) is 40.2 Å². The number of halogens is 3. The minimum Gasteiger partial charge on any atom is -0.494 e. The fourth-order valence-corrected chi connectivity index (χ4v) is 6.92. The molecule has 0 bridgehead atoms. The molecular weight excluding hydrogens is 678 g/mol. The Morgan fingerprint density at radius 3 is 2.49 bits per heavy atom. The third-order valence-electron chi connectivity index (χ3n) is 7.22.